The largest absolute Gasteiger partial charge is 0.465 e. The molecule has 1 aromatic heterocycles. The molecule has 1 aliphatic heterocycles. The van der Waals surface area contributed by atoms with Crippen molar-refractivity contribution in [3.05, 3.63) is 53.5 Å². The number of para-hydroxylation sites is 1. The molecule has 1 aromatic carbocycles. The average molecular weight is 430 g/mol. The molecule has 1 unspecified atom stereocenters. The van der Waals surface area contributed by atoms with E-state index in [9.17, 15) is 4.79 Å². The molecule has 0 bridgehead atoms. The lowest BCUT2D eigenvalue weighted by atomic mass is 10.1. The van der Waals surface area contributed by atoms with Gasteiger partial charge in [0.25, 0.3) is 0 Å². The molecule has 0 radical (unpaired) electrons. The fourth-order valence-electron chi connectivity index (χ4n) is 3.24. The number of halogens is 2. The van der Waals surface area contributed by atoms with Gasteiger partial charge in [-0.3, -0.25) is 9.69 Å². The molecule has 1 amide bonds. The van der Waals surface area contributed by atoms with E-state index < -0.39 is 0 Å². The Bertz CT molecular complexity index is 733. The van der Waals surface area contributed by atoms with Crippen LogP contribution in [0.4, 0.5) is 5.69 Å². The molecule has 2 heterocycles. The van der Waals surface area contributed by atoms with E-state index >= 15 is 0 Å². The number of carbonyl (C=O) groups excluding carboxylic acids is 1. The number of morpholine rings is 1. The third-order valence-electron chi connectivity index (χ3n) is 4.75. The Morgan fingerprint density at radius 2 is 1.89 bits per heavy atom. The minimum atomic E-state index is 0. The van der Waals surface area contributed by atoms with Crippen LogP contribution in [0.5, 0.6) is 0 Å². The fourth-order valence-corrected chi connectivity index (χ4v) is 3.24. The number of anilines is 1. The van der Waals surface area contributed by atoms with Crippen molar-refractivity contribution in [2.45, 2.75) is 25.8 Å². The van der Waals surface area contributed by atoms with Crippen LogP contribution in [0.25, 0.3) is 0 Å². The zero-order valence-electron chi connectivity index (χ0n) is 16.1. The molecule has 156 valence electrons. The van der Waals surface area contributed by atoms with Crippen LogP contribution in [0.3, 0.4) is 0 Å². The van der Waals surface area contributed by atoms with E-state index in [0.717, 1.165) is 35.9 Å². The van der Waals surface area contributed by atoms with Gasteiger partial charge < -0.3 is 20.2 Å². The molecule has 1 saturated heterocycles. The van der Waals surface area contributed by atoms with Crippen LogP contribution in [0.15, 0.2) is 40.8 Å². The van der Waals surface area contributed by atoms with E-state index in [1.807, 2.05) is 43.3 Å². The Balaban J connectivity index is 0.00000196. The predicted molar refractivity (Wildman–Crippen MR) is 115 cm³/mol. The summed E-state index contributed by atoms with van der Waals surface area (Å²) in [6.07, 6.45) is 1.06. The van der Waals surface area contributed by atoms with Gasteiger partial charge in [0.05, 0.1) is 19.3 Å². The molecule has 1 aliphatic rings. The zero-order chi connectivity index (χ0) is 18.4. The van der Waals surface area contributed by atoms with Gasteiger partial charge in [-0.05, 0) is 37.1 Å². The summed E-state index contributed by atoms with van der Waals surface area (Å²) in [6, 6.07) is 11.6. The Morgan fingerprint density at radius 3 is 2.54 bits per heavy atom. The summed E-state index contributed by atoms with van der Waals surface area (Å²) >= 11 is 0. The number of amides is 1. The number of ether oxygens (including phenoxy) is 1. The first kappa shape index (κ1) is 24.3. The normalized spacial score (nSPS) is 15.2. The van der Waals surface area contributed by atoms with Crippen molar-refractivity contribution in [3.8, 4) is 0 Å². The predicted octanol–water partition coefficient (Wildman–Crippen LogP) is 3.14. The Morgan fingerprint density at radius 1 is 1.18 bits per heavy atom. The molecule has 1 fully saturated rings. The number of hydrogen-bond acceptors (Lipinski definition) is 5. The van der Waals surface area contributed by atoms with Crippen molar-refractivity contribution in [2.75, 3.05) is 38.6 Å². The number of nitrogens with one attached hydrogen (secondary N) is 1. The second-order valence-corrected chi connectivity index (χ2v) is 6.62. The molecule has 3 rings (SSSR count). The summed E-state index contributed by atoms with van der Waals surface area (Å²) in [4.78, 5) is 14.6. The highest BCUT2D eigenvalue weighted by atomic mass is 35.5. The lowest BCUT2D eigenvalue weighted by molar-refractivity contribution is -0.121. The summed E-state index contributed by atoms with van der Waals surface area (Å²) in [6.45, 7) is 5.54. The van der Waals surface area contributed by atoms with Crippen molar-refractivity contribution < 1.29 is 13.9 Å². The minimum Gasteiger partial charge on any atom is -0.465 e. The van der Waals surface area contributed by atoms with E-state index in [4.69, 9.17) is 14.9 Å². The van der Waals surface area contributed by atoms with E-state index in [2.05, 4.69) is 10.2 Å². The Hall–Kier alpha value is -1.73. The zero-order valence-corrected chi connectivity index (χ0v) is 17.7. The molecule has 6 nitrogen and oxygen atoms in total. The topological polar surface area (TPSA) is 80.7 Å². The molecule has 3 N–H and O–H groups in total. The van der Waals surface area contributed by atoms with Gasteiger partial charge >= 0.3 is 0 Å². The van der Waals surface area contributed by atoms with Crippen molar-refractivity contribution in [2.24, 2.45) is 0 Å². The van der Waals surface area contributed by atoms with Crippen LogP contribution >= 0.6 is 24.8 Å². The first-order valence-electron chi connectivity index (χ1n) is 9.11. The summed E-state index contributed by atoms with van der Waals surface area (Å²) in [5, 5.41) is 3.06. The van der Waals surface area contributed by atoms with Crippen molar-refractivity contribution in [1.82, 2.24) is 10.2 Å². The SMILES string of the molecule is Cc1ccc(C(CNC(=O)CCc2ccccc2N)N2CCOCC2)o1.Cl.Cl. The second-order valence-electron chi connectivity index (χ2n) is 6.62. The minimum absolute atomic E-state index is 0. The van der Waals surface area contributed by atoms with Gasteiger partial charge in [-0.25, -0.2) is 0 Å². The van der Waals surface area contributed by atoms with Crippen molar-refractivity contribution in [3.63, 3.8) is 0 Å². The standard InChI is InChI=1S/C20H27N3O3.2ClH/c1-15-6-8-19(26-15)18(23-10-12-25-13-11-23)14-22-20(24)9-7-16-4-2-3-5-17(16)21;;/h2-6,8,18H,7,9-14,21H2,1H3,(H,22,24);2*1H. The molecule has 0 spiro atoms. The van der Waals surface area contributed by atoms with Crippen molar-refractivity contribution in [1.29, 1.82) is 0 Å². The maximum absolute atomic E-state index is 12.3. The van der Waals surface area contributed by atoms with Gasteiger partial charge in [0.15, 0.2) is 0 Å². The summed E-state index contributed by atoms with van der Waals surface area (Å²) < 4.78 is 11.3. The number of aryl methyl sites for hydroxylation is 2. The summed E-state index contributed by atoms with van der Waals surface area (Å²) in [7, 11) is 0. The number of carbonyl (C=O) groups is 1. The summed E-state index contributed by atoms with van der Waals surface area (Å²) in [5.74, 6) is 1.79. The molecule has 2 aromatic rings. The Labute approximate surface area is 178 Å². The van der Waals surface area contributed by atoms with E-state index in [-0.39, 0.29) is 36.8 Å². The van der Waals surface area contributed by atoms with Crippen LogP contribution in [0.2, 0.25) is 0 Å². The lowest BCUT2D eigenvalue weighted by Gasteiger charge is -2.33. The maximum Gasteiger partial charge on any atom is 0.220 e. The lowest BCUT2D eigenvalue weighted by Crippen LogP contribution is -2.43. The van der Waals surface area contributed by atoms with Gasteiger partial charge in [0.2, 0.25) is 5.91 Å². The van der Waals surface area contributed by atoms with Gasteiger partial charge in [0, 0.05) is 31.7 Å². The quantitative estimate of drug-likeness (QED) is 0.660. The van der Waals surface area contributed by atoms with Crippen LogP contribution in [0.1, 0.15) is 29.5 Å². The number of nitrogens with zero attached hydrogens (tertiary/aromatic N) is 1. The summed E-state index contributed by atoms with van der Waals surface area (Å²) in [5.41, 5.74) is 7.68. The molecule has 0 saturated carbocycles. The molecule has 1 atom stereocenters. The molecule has 0 aliphatic carbocycles. The van der Waals surface area contributed by atoms with Gasteiger partial charge in [-0.1, -0.05) is 18.2 Å². The number of rotatable bonds is 7. The highest BCUT2D eigenvalue weighted by molar-refractivity contribution is 5.85. The van der Waals surface area contributed by atoms with Crippen LogP contribution in [0, 0.1) is 6.92 Å². The third-order valence-corrected chi connectivity index (χ3v) is 4.75. The number of benzene rings is 1. The van der Waals surface area contributed by atoms with E-state index in [1.165, 1.54) is 0 Å². The van der Waals surface area contributed by atoms with Gasteiger partial charge in [-0.2, -0.15) is 0 Å². The van der Waals surface area contributed by atoms with Crippen molar-refractivity contribution >= 4 is 36.4 Å². The average Bonchev–Trinajstić information content (AvgIpc) is 3.08. The third kappa shape index (κ3) is 6.71. The Kier molecular flexibility index (Phi) is 10.4. The first-order chi connectivity index (χ1) is 12.6. The first-order valence-corrected chi connectivity index (χ1v) is 9.11. The smallest absolute Gasteiger partial charge is 0.220 e. The molecule has 8 heteroatoms. The second kappa shape index (κ2) is 12.0. The van der Waals surface area contributed by atoms with E-state index in [1.54, 1.807) is 0 Å². The van der Waals surface area contributed by atoms with Gasteiger partial charge in [-0.15, -0.1) is 24.8 Å². The highest BCUT2D eigenvalue weighted by Crippen LogP contribution is 2.23. The number of nitrogens with two attached hydrogens (primary N) is 1. The number of nitrogen functional groups attached to an aromatic ring is 1. The molecular formula is C20H29Cl2N3O3. The fraction of sp³-hybridized carbons (Fsp3) is 0.450. The maximum atomic E-state index is 12.3. The van der Waals surface area contributed by atoms with E-state index in [0.29, 0.717) is 32.6 Å². The van der Waals surface area contributed by atoms with Gasteiger partial charge in [0.1, 0.15) is 11.5 Å². The number of furan rings is 1. The number of hydrogen-bond donors (Lipinski definition) is 2. The highest BCUT2D eigenvalue weighted by Gasteiger charge is 2.25. The molecular weight excluding hydrogens is 401 g/mol. The van der Waals surface area contributed by atoms with Crippen LogP contribution in [-0.2, 0) is 16.0 Å². The van der Waals surface area contributed by atoms with Crippen LogP contribution in [-0.4, -0.2) is 43.7 Å². The molecule has 28 heavy (non-hydrogen) atoms. The monoisotopic (exact) mass is 429 g/mol. The van der Waals surface area contributed by atoms with Crippen LogP contribution < -0.4 is 11.1 Å².